The van der Waals surface area contributed by atoms with Crippen molar-refractivity contribution in [2.75, 3.05) is 7.05 Å². The molecule has 1 aromatic heterocycles. The number of hydrogen-bond donors (Lipinski definition) is 2. The van der Waals surface area contributed by atoms with E-state index in [-0.39, 0.29) is 0 Å². The van der Waals surface area contributed by atoms with E-state index in [0.717, 1.165) is 34.7 Å². The Labute approximate surface area is 86.3 Å². The normalized spacial score (nSPS) is 14.2. The Balaban J connectivity index is 2.12. The first-order chi connectivity index (χ1) is 7.36. The molecule has 5 heteroatoms. The molecule has 2 N–H and O–H groups in total. The van der Waals surface area contributed by atoms with Crippen LogP contribution in [0.2, 0.25) is 0 Å². The molecule has 0 aliphatic carbocycles. The summed E-state index contributed by atoms with van der Waals surface area (Å²) < 4.78 is 0. The van der Waals surface area contributed by atoms with Crippen molar-refractivity contribution < 1.29 is 9.78 Å². The fourth-order valence-electron chi connectivity index (χ4n) is 1.73. The number of nitrogens with one attached hydrogen (secondary N) is 2. The Morgan fingerprint density at radius 2 is 2.47 bits per heavy atom. The number of imidazole rings is 1. The summed E-state index contributed by atoms with van der Waals surface area (Å²) in [7, 11) is 1.89. The molecule has 1 aromatic carbocycles. The summed E-state index contributed by atoms with van der Waals surface area (Å²) >= 11 is 0. The molecule has 0 radical (unpaired) electrons. The van der Waals surface area contributed by atoms with Gasteiger partial charge in [0.15, 0.2) is 5.75 Å². The summed E-state index contributed by atoms with van der Waals surface area (Å²) in [4.78, 5) is 17.6. The van der Waals surface area contributed by atoms with Crippen molar-refractivity contribution in [3.8, 4) is 5.75 Å². The first kappa shape index (κ1) is 8.70. The van der Waals surface area contributed by atoms with Crippen LogP contribution in [0, 0.1) is 0 Å². The number of benzene rings is 1. The molecule has 0 fully saturated rings. The zero-order valence-electron chi connectivity index (χ0n) is 8.33. The van der Waals surface area contributed by atoms with Gasteiger partial charge in [-0.3, -0.25) is 0 Å². The first-order valence-electron chi connectivity index (χ1n) is 4.82. The number of hydrogen-bond acceptors (Lipinski definition) is 4. The van der Waals surface area contributed by atoms with Crippen molar-refractivity contribution in [1.82, 2.24) is 15.3 Å². The molecule has 0 spiro atoms. The summed E-state index contributed by atoms with van der Waals surface area (Å²) in [5.41, 5.74) is 2.99. The highest BCUT2D eigenvalue weighted by Crippen LogP contribution is 2.29. The van der Waals surface area contributed by atoms with Gasteiger partial charge in [-0.2, -0.15) is 4.89 Å². The Morgan fingerprint density at radius 3 is 3.33 bits per heavy atom. The molecular weight excluding hydrogens is 194 g/mol. The SMILES string of the molecule is CNCc1nc2cc3c(cc2[nH]1)COO3. The van der Waals surface area contributed by atoms with Crippen LogP contribution in [0.5, 0.6) is 5.75 Å². The van der Waals surface area contributed by atoms with Crippen LogP contribution in [-0.2, 0) is 18.0 Å². The van der Waals surface area contributed by atoms with Crippen LogP contribution in [0.1, 0.15) is 11.4 Å². The topological polar surface area (TPSA) is 59.2 Å². The van der Waals surface area contributed by atoms with Gasteiger partial charge in [0, 0.05) is 11.6 Å². The lowest BCUT2D eigenvalue weighted by Crippen LogP contribution is -2.06. The van der Waals surface area contributed by atoms with Crippen molar-refractivity contribution in [2.24, 2.45) is 0 Å². The summed E-state index contributed by atoms with van der Waals surface area (Å²) in [5, 5.41) is 3.05. The van der Waals surface area contributed by atoms with Crippen molar-refractivity contribution in [1.29, 1.82) is 0 Å². The van der Waals surface area contributed by atoms with Gasteiger partial charge in [-0.1, -0.05) is 0 Å². The van der Waals surface area contributed by atoms with Gasteiger partial charge in [0.1, 0.15) is 12.4 Å². The summed E-state index contributed by atoms with van der Waals surface area (Å²) in [6.07, 6.45) is 0. The third-order valence-electron chi connectivity index (χ3n) is 2.42. The second kappa shape index (κ2) is 3.22. The number of aromatic amines is 1. The van der Waals surface area contributed by atoms with Crippen LogP contribution in [0.3, 0.4) is 0 Å². The number of fused-ring (bicyclic) bond motifs is 2. The lowest BCUT2D eigenvalue weighted by molar-refractivity contribution is -0.194. The van der Waals surface area contributed by atoms with E-state index >= 15 is 0 Å². The summed E-state index contributed by atoms with van der Waals surface area (Å²) in [6.45, 7) is 1.24. The molecule has 0 saturated carbocycles. The van der Waals surface area contributed by atoms with Crippen molar-refractivity contribution in [2.45, 2.75) is 13.2 Å². The summed E-state index contributed by atoms with van der Waals surface area (Å²) in [6, 6.07) is 3.91. The van der Waals surface area contributed by atoms with Gasteiger partial charge in [-0.15, -0.1) is 0 Å². The standard InChI is InChI=1S/C10H11N3O2/c1-11-4-10-12-7-2-6-5-14-15-9(6)3-8(7)13-10/h2-3,11H,4-5H2,1H3,(H,12,13). The number of H-pyrrole nitrogens is 1. The minimum atomic E-state index is 0.506. The third-order valence-corrected chi connectivity index (χ3v) is 2.42. The van der Waals surface area contributed by atoms with E-state index in [1.165, 1.54) is 0 Å². The summed E-state index contributed by atoms with van der Waals surface area (Å²) in [5.74, 6) is 1.70. The minimum Gasteiger partial charge on any atom is -0.341 e. The third kappa shape index (κ3) is 1.36. The van der Waals surface area contributed by atoms with E-state index in [4.69, 9.17) is 9.78 Å². The smallest absolute Gasteiger partial charge is 0.173 e. The molecule has 0 unspecified atom stereocenters. The molecule has 1 aliphatic rings. The van der Waals surface area contributed by atoms with Gasteiger partial charge in [0.25, 0.3) is 0 Å². The van der Waals surface area contributed by atoms with E-state index in [1.54, 1.807) is 0 Å². The molecule has 15 heavy (non-hydrogen) atoms. The predicted octanol–water partition coefficient (Wildman–Crippen LogP) is 1.11. The zero-order valence-corrected chi connectivity index (χ0v) is 8.33. The highest BCUT2D eigenvalue weighted by Gasteiger charge is 2.16. The molecule has 78 valence electrons. The van der Waals surface area contributed by atoms with E-state index in [9.17, 15) is 0 Å². The molecule has 2 heterocycles. The first-order valence-corrected chi connectivity index (χ1v) is 4.82. The van der Waals surface area contributed by atoms with Crippen molar-refractivity contribution >= 4 is 11.0 Å². The van der Waals surface area contributed by atoms with E-state index in [1.807, 2.05) is 19.2 Å². The molecule has 5 nitrogen and oxygen atoms in total. The quantitative estimate of drug-likeness (QED) is 0.721. The lowest BCUT2D eigenvalue weighted by atomic mass is 10.2. The van der Waals surface area contributed by atoms with Gasteiger partial charge in [-0.05, 0) is 13.1 Å². The van der Waals surface area contributed by atoms with Crippen LogP contribution in [0.4, 0.5) is 0 Å². The molecule has 1 aliphatic heterocycles. The van der Waals surface area contributed by atoms with Crippen LogP contribution in [0.15, 0.2) is 12.1 Å². The Morgan fingerprint density at radius 1 is 1.53 bits per heavy atom. The van der Waals surface area contributed by atoms with Gasteiger partial charge < -0.3 is 15.2 Å². The average Bonchev–Trinajstić information content (AvgIpc) is 2.78. The van der Waals surface area contributed by atoms with Crippen LogP contribution in [-0.4, -0.2) is 17.0 Å². The Kier molecular flexibility index (Phi) is 1.87. The highest BCUT2D eigenvalue weighted by molar-refractivity contribution is 5.78. The molecule has 0 saturated heterocycles. The average molecular weight is 205 g/mol. The van der Waals surface area contributed by atoms with Crippen LogP contribution < -0.4 is 10.2 Å². The molecular formula is C10H11N3O2. The fourth-order valence-corrected chi connectivity index (χ4v) is 1.73. The molecule has 0 bridgehead atoms. The maximum Gasteiger partial charge on any atom is 0.173 e. The second-order valence-corrected chi connectivity index (χ2v) is 3.54. The van der Waals surface area contributed by atoms with Crippen LogP contribution in [0.25, 0.3) is 11.0 Å². The number of aromatic nitrogens is 2. The maximum absolute atomic E-state index is 5.01. The van der Waals surface area contributed by atoms with E-state index in [0.29, 0.717) is 6.61 Å². The van der Waals surface area contributed by atoms with Gasteiger partial charge in [0.2, 0.25) is 0 Å². The van der Waals surface area contributed by atoms with Crippen molar-refractivity contribution in [3.05, 3.63) is 23.5 Å². The monoisotopic (exact) mass is 205 g/mol. The Bertz CT molecular complexity index is 466. The van der Waals surface area contributed by atoms with E-state index in [2.05, 4.69) is 15.3 Å². The zero-order chi connectivity index (χ0) is 10.3. The number of nitrogens with zero attached hydrogens (tertiary/aromatic N) is 1. The van der Waals surface area contributed by atoms with Crippen LogP contribution >= 0.6 is 0 Å². The van der Waals surface area contributed by atoms with Gasteiger partial charge >= 0.3 is 0 Å². The minimum absolute atomic E-state index is 0.506. The van der Waals surface area contributed by atoms with Gasteiger partial charge in [0.05, 0.1) is 17.6 Å². The predicted molar refractivity (Wildman–Crippen MR) is 54.3 cm³/mol. The van der Waals surface area contributed by atoms with E-state index < -0.39 is 0 Å². The number of rotatable bonds is 2. The molecule has 2 aromatic rings. The highest BCUT2D eigenvalue weighted by atomic mass is 17.2. The maximum atomic E-state index is 5.01. The molecule has 0 amide bonds. The molecule has 0 atom stereocenters. The lowest BCUT2D eigenvalue weighted by Gasteiger charge is -1.93. The largest absolute Gasteiger partial charge is 0.341 e. The molecule has 3 rings (SSSR count). The van der Waals surface area contributed by atoms with Crippen molar-refractivity contribution in [3.63, 3.8) is 0 Å². The van der Waals surface area contributed by atoms with Gasteiger partial charge in [-0.25, -0.2) is 4.98 Å². The second-order valence-electron chi connectivity index (χ2n) is 3.54. The fraction of sp³-hybridized carbons (Fsp3) is 0.300. The Hall–Kier alpha value is -1.59.